The predicted molar refractivity (Wildman–Crippen MR) is 240 cm³/mol. The Morgan fingerprint density at radius 3 is 2.00 bits per heavy atom. The molecule has 5 N–H and O–H groups in total. The van der Waals surface area contributed by atoms with Crippen LogP contribution >= 0.6 is 0 Å². The lowest BCUT2D eigenvalue weighted by molar-refractivity contribution is -0.148. The minimum absolute atomic E-state index is 0.00127. The molecule has 0 radical (unpaired) electrons. The number of ether oxygens (including phenoxy) is 2. The summed E-state index contributed by atoms with van der Waals surface area (Å²) in [6, 6.07) is 13.8. The van der Waals surface area contributed by atoms with Gasteiger partial charge in [0.15, 0.2) is 0 Å². The number of likely N-dealkylation sites (N-methyl/N-ethyl adjacent to an activating group) is 2. The molecule has 1 unspecified atom stereocenters. The van der Waals surface area contributed by atoms with Crippen LogP contribution in [0.4, 0.5) is 5.69 Å². The highest BCUT2D eigenvalue weighted by Gasteiger charge is 2.43. The third-order valence-corrected chi connectivity index (χ3v) is 12.3. The maximum Gasteiger partial charge on any atom is 0.245 e. The molecule has 3 rings (SSSR count). The van der Waals surface area contributed by atoms with E-state index in [1.165, 1.54) is 0 Å². The van der Waals surface area contributed by atoms with Crippen LogP contribution in [0, 0.1) is 23.7 Å². The highest BCUT2D eigenvalue weighted by atomic mass is 16.5. The highest BCUT2D eigenvalue weighted by molar-refractivity contribution is 5.90. The van der Waals surface area contributed by atoms with Crippen molar-refractivity contribution in [1.82, 2.24) is 30.7 Å². The number of methoxy groups -OCH3 is 2. The number of anilines is 1. The number of nitrogens with zero attached hydrogens (tertiary/aromatic N) is 3. The van der Waals surface area contributed by atoms with Gasteiger partial charge in [0.2, 0.25) is 29.5 Å². The summed E-state index contributed by atoms with van der Waals surface area (Å²) < 4.78 is 12.1. The second-order valence-electron chi connectivity index (χ2n) is 17.7. The summed E-state index contributed by atoms with van der Waals surface area (Å²) in [5, 5.41) is 9.00. The van der Waals surface area contributed by atoms with Crippen molar-refractivity contribution in [2.75, 3.05) is 47.6 Å². The number of carbonyl (C=O) groups is 5. The molecule has 0 bridgehead atoms. The molecule has 1 fully saturated rings. The normalized spacial score (nSPS) is 18.1. The number of nitrogens with two attached hydrogens (primary N) is 1. The first-order chi connectivity index (χ1) is 28.9. The van der Waals surface area contributed by atoms with Crippen molar-refractivity contribution < 1.29 is 33.4 Å². The minimum Gasteiger partial charge on any atom is -0.399 e. The van der Waals surface area contributed by atoms with Crippen LogP contribution in [0.1, 0.15) is 85.3 Å². The van der Waals surface area contributed by atoms with Gasteiger partial charge in [-0.2, -0.15) is 0 Å². The van der Waals surface area contributed by atoms with Crippen LogP contribution in [0.2, 0.25) is 0 Å². The highest BCUT2D eigenvalue weighted by Crippen LogP contribution is 2.30. The number of benzene rings is 2. The van der Waals surface area contributed by atoms with Crippen LogP contribution in [0.5, 0.6) is 0 Å². The zero-order valence-corrected chi connectivity index (χ0v) is 38.8. The summed E-state index contributed by atoms with van der Waals surface area (Å²) in [5.74, 6) is -2.22. The van der Waals surface area contributed by atoms with Crippen molar-refractivity contribution in [3.05, 3.63) is 65.7 Å². The molecule has 0 aromatic heterocycles. The lowest BCUT2D eigenvalue weighted by Gasteiger charge is -2.41. The van der Waals surface area contributed by atoms with E-state index >= 15 is 0 Å². The largest absolute Gasteiger partial charge is 0.399 e. The minimum atomic E-state index is -0.863. The fourth-order valence-electron chi connectivity index (χ4n) is 8.72. The van der Waals surface area contributed by atoms with Gasteiger partial charge in [-0.3, -0.25) is 28.9 Å². The molecule has 1 aliphatic heterocycles. The first kappa shape index (κ1) is 50.8. The summed E-state index contributed by atoms with van der Waals surface area (Å²) in [4.78, 5) is 75.2. The SMILES string of the molecule is CC[C@H](C)[C@@H]([C@@H](CC(=O)N1CCC[C@H]1[C@H](OC)[C@@H](C)C(=O)N[C@H](Cc1ccccc1)C(=O)NCc1ccc(N)cc1)OC)N(C)C(=O)C(NC(=O)[C@H](C(C)C)N(C)C)C(C)C. The fraction of sp³-hybridized carbons (Fsp3) is 0.638. The van der Waals surface area contributed by atoms with Gasteiger partial charge in [-0.05, 0) is 68.0 Å². The first-order valence-corrected chi connectivity index (χ1v) is 21.9. The van der Waals surface area contributed by atoms with Crippen LogP contribution in [0.25, 0.3) is 0 Å². The van der Waals surface area contributed by atoms with Gasteiger partial charge in [0.25, 0.3) is 0 Å². The van der Waals surface area contributed by atoms with Gasteiger partial charge in [-0.15, -0.1) is 0 Å². The lowest BCUT2D eigenvalue weighted by Crippen LogP contribution is -2.59. The number of carbonyl (C=O) groups excluding carboxylic acids is 5. The van der Waals surface area contributed by atoms with Crippen molar-refractivity contribution >= 4 is 35.2 Å². The molecular formula is C47H75N7O7. The second kappa shape index (κ2) is 24.2. The molecule has 9 atom stereocenters. The Labute approximate surface area is 365 Å². The number of nitrogen functional groups attached to an aromatic ring is 1. The molecule has 1 aliphatic rings. The molecule has 5 amide bonds. The Kier molecular flexibility index (Phi) is 20.2. The van der Waals surface area contributed by atoms with Crippen molar-refractivity contribution in [1.29, 1.82) is 0 Å². The summed E-state index contributed by atoms with van der Waals surface area (Å²) in [6.45, 7) is 14.4. The number of nitrogens with one attached hydrogen (secondary N) is 3. The molecule has 0 aliphatic carbocycles. The average Bonchev–Trinajstić information content (AvgIpc) is 3.71. The predicted octanol–water partition coefficient (Wildman–Crippen LogP) is 4.26. The van der Waals surface area contributed by atoms with Crippen molar-refractivity contribution in [2.45, 2.75) is 130 Å². The zero-order chi connectivity index (χ0) is 45.6. The fourth-order valence-corrected chi connectivity index (χ4v) is 8.72. The number of rotatable bonds is 23. The van der Waals surface area contributed by atoms with Crippen LogP contribution < -0.4 is 21.7 Å². The van der Waals surface area contributed by atoms with E-state index in [9.17, 15) is 24.0 Å². The molecule has 0 saturated carbocycles. The van der Waals surface area contributed by atoms with E-state index < -0.39 is 48.3 Å². The van der Waals surface area contributed by atoms with E-state index in [1.807, 2.05) is 103 Å². The molecule has 340 valence electrons. The van der Waals surface area contributed by atoms with E-state index in [-0.39, 0.29) is 66.7 Å². The molecule has 1 heterocycles. The maximum atomic E-state index is 14.4. The molecule has 14 nitrogen and oxygen atoms in total. The molecule has 61 heavy (non-hydrogen) atoms. The third-order valence-electron chi connectivity index (χ3n) is 12.3. The van der Waals surface area contributed by atoms with Gasteiger partial charge < -0.3 is 41.0 Å². The Morgan fingerprint density at radius 2 is 1.46 bits per heavy atom. The molecular weight excluding hydrogens is 775 g/mol. The van der Waals surface area contributed by atoms with E-state index in [0.29, 0.717) is 18.7 Å². The van der Waals surface area contributed by atoms with E-state index in [1.54, 1.807) is 50.1 Å². The summed E-state index contributed by atoms with van der Waals surface area (Å²) >= 11 is 0. The van der Waals surface area contributed by atoms with Crippen LogP contribution in [-0.2, 0) is 46.4 Å². The average molecular weight is 850 g/mol. The third kappa shape index (κ3) is 14.0. The van der Waals surface area contributed by atoms with Gasteiger partial charge in [-0.25, -0.2) is 0 Å². The number of hydrogen-bond acceptors (Lipinski definition) is 9. The summed E-state index contributed by atoms with van der Waals surface area (Å²) in [6.07, 6.45) is 1.04. The Morgan fingerprint density at radius 1 is 0.820 bits per heavy atom. The van der Waals surface area contributed by atoms with Gasteiger partial charge in [0, 0.05) is 46.5 Å². The number of hydrogen-bond donors (Lipinski definition) is 4. The van der Waals surface area contributed by atoms with E-state index in [2.05, 4.69) is 16.0 Å². The number of likely N-dealkylation sites (tertiary alicyclic amines) is 1. The monoisotopic (exact) mass is 850 g/mol. The van der Waals surface area contributed by atoms with Gasteiger partial charge in [0.1, 0.15) is 12.1 Å². The smallest absolute Gasteiger partial charge is 0.245 e. The number of amides is 5. The molecule has 1 saturated heterocycles. The zero-order valence-electron chi connectivity index (χ0n) is 38.8. The van der Waals surface area contributed by atoms with Crippen LogP contribution in [0.3, 0.4) is 0 Å². The second-order valence-corrected chi connectivity index (χ2v) is 17.7. The summed E-state index contributed by atoms with van der Waals surface area (Å²) in [7, 11) is 8.53. The van der Waals surface area contributed by atoms with Gasteiger partial charge >= 0.3 is 0 Å². The first-order valence-electron chi connectivity index (χ1n) is 21.9. The van der Waals surface area contributed by atoms with Crippen LogP contribution in [0.15, 0.2) is 54.6 Å². The van der Waals surface area contributed by atoms with Crippen molar-refractivity contribution in [2.24, 2.45) is 23.7 Å². The van der Waals surface area contributed by atoms with E-state index in [4.69, 9.17) is 15.2 Å². The standard InChI is InChI=1S/C47H75N7O7/c1-13-31(6)42(53(10)47(59)40(29(2)3)51-46(58)41(30(4)5)52(8)9)38(60-11)27-39(55)54-25-17-20-37(54)43(61-12)32(7)44(56)50-36(26-33-18-15-14-16-19-33)45(57)49-28-34-21-23-35(48)24-22-34/h14-16,18-19,21-24,29-32,36-38,40-43H,13,17,20,25-28,48H2,1-12H3,(H,49,57)(H,50,56)(H,51,58)/t31-,32+,36+,37-,38+,40?,41-,42-,43+/m0/s1. The van der Waals surface area contributed by atoms with E-state index in [0.717, 1.165) is 24.0 Å². The quantitative estimate of drug-likeness (QED) is 0.119. The molecule has 2 aromatic carbocycles. The van der Waals surface area contributed by atoms with Crippen molar-refractivity contribution in [3.63, 3.8) is 0 Å². The molecule has 0 spiro atoms. The maximum absolute atomic E-state index is 14.4. The van der Waals surface area contributed by atoms with Crippen LogP contribution in [-0.4, -0.2) is 129 Å². The van der Waals surface area contributed by atoms with Crippen molar-refractivity contribution in [3.8, 4) is 0 Å². The van der Waals surface area contributed by atoms with Gasteiger partial charge in [-0.1, -0.05) is 97.4 Å². The molecule has 14 heteroatoms. The topological polar surface area (TPSA) is 176 Å². The van der Waals surface area contributed by atoms with Gasteiger partial charge in [0.05, 0.1) is 42.7 Å². The molecule has 2 aromatic rings. The lowest BCUT2D eigenvalue weighted by atomic mass is 9.89. The summed E-state index contributed by atoms with van der Waals surface area (Å²) in [5.41, 5.74) is 8.23. The Balaban J connectivity index is 1.79. The Hall–Kier alpha value is -4.53. The Bertz CT molecular complexity index is 1700.